The van der Waals surface area contributed by atoms with Crippen molar-refractivity contribution in [1.29, 1.82) is 0 Å². The van der Waals surface area contributed by atoms with Gasteiger partial charge in [-0.25, -0.2) is 0 Å². The Bertz CT molecular complexity index is 616. The molecule has 0 heterocycles. The number of amides is 1. The normalized spacial score (nSPS) is 10.2. The van der Waals surface area contributed by atoms with Crippen molar-refractivity contribution in [2.24, 2.45) is 0 Å². The average Bonchev–Trinajstić information content (AvgIpc) is 2.49. The van der Waals surface area contributed by atoms with Gasteiger partial charge in [-0.1, -0.05) is 31.7 Å². The first-order valence-corrected chi connectivity index (χ1v) is 6.66. The Kier molecular flexibility index (Phi) is 6.70. The van der Waals surface area contributed by atoms with Crippen molar-refractivity contribution in [2.75, 3.05) is 6.54 Å². The van der Waals surface area contributed by atoms with E-state index in [2.05, 4.69) is 5.32 Å². The van der Waals surface area contributed by atoms with Gasteiger partial charge in [0.25, 0.3) is 0 Å². The van der Waals surface area contributed by atoms with E-state index in [1.54, 1.807) is 42.5 Å². The van der Waals surface area contributed by atoms with E-state index in [9.17, 15) is 9.90 Å². The molecule has 0 aliphatic carbocycles. The van der Waals surface area contributed by atoms with E-state index in [-0.39, 0.29) is 24.8 Å². The molecular formula is C18H21NO3. The number of carbonyl (C=O) groups excluding carboxylic acids is 1. The zero-order valence-corrected chi connectivity index (χ0v) is 11.5. The van der Waals surface area contributed by atoms with Crippen molar-refractivity contribution in [2.45, 2.75) is 13.8 Å². The smallest absolute Gasteiger partial charge is 0.244 e. The maximum absolute atomic E-state index is 11.6. The van der Waals surface area contributed by atoms with E-state index in [0.29, 0.717) is 13.0 Å². The van der Waals surface area contributed by atoms with Gasteiger partial charge < -0.3 is 15.5 Å². The first-order valence-electron chi connectivity index (χ1n) is 6.66. The zero-order chi connectivity index (χ0) is 15.1. The summed E-state index contributed by atoms with van der Waals surface area (Å²) >= 11 is 0. The highest BCUT2D eigenvalue weighted by Crippen LogP contribution is 2.11. The molecule has 3 N–H and O–H groups in total. The molecule has 1 amide bonds. The highest BCUT2D eigenvalue weighted by molar-refractivity contribution is 5.91. The summed E-state index contributed by atoms with van der Waals surface area (Å²) in [6.45, 7) is 0.531. The summed E-state index contributed by atoms with van der Waals surface area (Å²) in [4.78, 5) is 11.6. The van der Waals surface area contributed by atoms with Gasteiger partial charge in [0.1, 0.15) is 11.5 Å². The molecule has 0 aliphatic heterocycles. The first-order chi connectivity index (χ1) is 10.1. The quantitative estimate of drug-likeness (QED) is 0.743. The van der Waals surface area contributed by atoms with Gasteiger partial charge in [0.15, 0.2) is 0 Å². The van der Waals surface area contributed by atoms with E-state index in [1.807, 2.05) is 12.1 Å². The molecule has 4 nitrogen and oxygen atoms in total. The molecule has 116 valence electrons. The van der Waals surface area contributed by atoms with Crippen molar-refractivity contribution in [3.05, 3.63) is 65.7 Å². The summed E-state index contributed by atoms with van der Waals surface area (Å²) in [6.07, 6.45) is 3.86. The number of hydrogen-bond donors (Lipinski definition) is 3. The molecule has 22 heavy (non-hydrogen) atoms. The minimum Gasteiger partial charge on any atom is -0.508 e. The van der Waals surface area contributed by atoms with Gasteiger partial charge in [-0.05, 0) is 47.9 Å². The van der Waals surface area contributed by atoms with Crippen LogP contribution in [0.2, 0.25) is 0 Å². The Balaban J connectivity index is 0.00000242. The minimum atomic E-state index is -0.165. The summed E-state index contributed by atoms with van der Waals surface area (Å²) in [5, 5.41) is 21.1. The van der Waals surface area contributed by atoms with Gasteiger partial charge in [-0.3, -0.25) is 4.79 Å². The molecule has 0 atom stereocenters. The van der Waals surface area contributed by atoms with E-state index in [4.69, 9.17) is 5.11 Å². The van der Waals surface area contributed by atoms with Crippen LogP contribution < -0.4 is 5.32 Å². The Labute approximate surface area is 130 Å². The van der Waals surface area contributed by atoms with E-state index in [0.717, 1.165) is 11.1 Å². The number of carbonyl (C=O) groups is 1. The fourth-order valence-corrected chi connectivity index (χ4v) is 1.81. The zero-order valence-electron chi connectivity index (χ0n) is 11.5. The number of hydrogen-bond acceptors (Lipinski definition) is 3. The summed E-state index contributed by atoms with van der Waals surface area (Å²) in [7, 11) is 0. The fourth-order valence-electron chi connectivity index (χ4n) is 1.81. The maximum atomic E-state index is 11.6. The molecule has 0 unspecified atom stereocenters. The molecule has 2 aromatic carbocycles. The van der Waals surface area contributed by atoms with Crippen molar-refractivity contribution in [3.8, 4) is 11.5 Å². The number of nitrogens with one attached hydrogen (secondary N) is 1. The Morgan fingerprint density at radius 3 is 2.09 bits per heavy atom. The molecule has 0 saturated carbocycles. The number of aromatic hydroxyl groups is 2. The van der Waals surface area contributed by atoms with E-state index in [1.165, 1.54) is 6.08 Å². The molecule has 0 spiro atoms. The van der Waals surface area contributed by atoms with Crippen LogP contribution in [0.5, 0.6) is 11.5 Å². The van der Waals surface area contributed by atoms with Gasteiger partial charge >= 0.3 is 0 Å². The topological polar surface area (TPSA) is 69.6 Å². The van der Waals surface area contributed by atoms with Crippen LogP contribution in [0.25, 0.3) is 6.08 Å². The molecule has 0 aliphatic rings. The maximum Gasteiger partial charge on any atom is 0.244 e. The van der Waals surface area contributed by atoms with Crippen LogP contribution in [0.4, 0.5) is 0 Å². The molecule has 2 rings (SSSR count). The van der Waals surface area contributed by atoms with Crippen LogP contribution in [0, 0.1) is 0 Å². The third-order valence-electron chi connectivity index (χ3n) is 2.97. The summed E-state index contributed by atoms with van der Waals surface area (Å²) in [6, 6.07) is 13.5. The lowest BCUT2D eigenvalue weighted by atomic mass is 10.1. The van der Waals surface area contributed by atoms with Crippen LogP contribution in [0.15, 0.2) is 54.6 Å². The molecule has 0 radical (unpaired) electrons. The molecule has 0 aromatic heterocycles. The molecule has 0 saturated heterocycles. The van der Waals surface area contributed by atoms with Gasteiger partial charge in [-0.2, -0.15) is 0 Å². The lowest BCUT2D eigenvalue weighted by Crippen LogP contribution is -2.23. The second kappa shape index (κ2) is 8.52. The third kappa shape index (κ3) is 5.71. The number of phenolic OH excluding ortho intramolecular Hbond substituents is 2. The van der Waals surface area contributed by atoms with Crippen molar-refractivity contribution in [3.63, 3.8) is 0 Å². The van der Waals surface area contributed by atoms with E-state index >= 15 is 0 Å². The molecule has 0 bridgehead atoms. The van der Waals surface area contributed by atoms with Gasteiger partial charge in [0, 0.05) is 12.6 Å². The van der Waals surface area contributed by atoms with Crippen molar-refractivity contribution in [1.82, 2.24) is 5.32 Å². The van der Waals surface area contributed by atoms with E-state index < -0.39 is 0 Å². The monoisotopic (exact) mass is 299 g/mol. The second-order valence-corrected chi connectivity index (χ2v) is 4.63. The van der Waals surface area contributed by atoms with Crippen LogP contribution in [0.3, 0.4) is 0 Å². The van der Waals surface area contributed by atoms with Crippen molar-refractivity contribution < 1.29 is 15.0 Å². The summed E-state index contributed by atoms with van der Waals surface area (Å²) in [5.74, 6) is 0.270. The Hall–Kier alpha value is -2.75. The summed E-state index contributed by atoms with van der Waals surface area (Å²) in [5.41, 5.74) is 1.90. The fraction of sp³-hybridized carbons (Fsp3) is 0.167. The van der Waals surface area contributed by atoms with Gasteiger partial charge in [-0.15, -0.1) is 0 Å². The highest BCUT2D eigenvalue weighted by Gasteiger charge is 1.97. The largest absolute Gasteiger partial charge is 0.508 e. The second-order valence-electron chi connectivity index (χ2n) is 4.63. The number of benzene rings is 2. The van der Waals surface area contributed by atoms with Gasteiger partial charge in [0.2, 0.25) is 5.91 Å². The third-order valence-corrected chi connectivity index (χ3v) is 2.97. The van der Waals surface area contributed by atoms with Gasteiger partial charge in [0.05, 0.1) is 0 Å². The molecule has 0 fully saturated rings. The molecule has 2 aromatic rings. The Morgan fingerprint density at radius 2 is 1.50 bits per heavy atom. The minimum absolute atomic E-state index is 0. The van der Waals surface area contributed by atoms with Crippen LogP contribution in [0.1, 0.15) is 18.6 Å². The molecule has 4 heteroatoms. The standard InChI is InChI=1S/C17H17NO3.CH4/c19-15-6-1-13(2-7-15)5-10-17(21)18-12-11-14-3-8-16(20)9-4-14;/h1-10,19-20H,11-12H2,(H,18,21);1H4/b10-5+;. The van der Waals surface area contributed by atoms with Crippen molar-refractivity contribution >= 4 is 12.0 Å². The lowest BCUT2D eigenvalue weighted by molar-refractivity contribution is -0.116. The SMILES string of the molecule is C.O=C(/C=C/c1ccc(O)cc1)NCCc1ccc(O)cc1. The Morgan fingerprint density at radius 1 is 0.955 bits per heavy atom. The summed E-state index contributed by atoms with van der Waals surface area (Å²) < 4.78 is 0. The highest BCUT2D eigenvalue weighted by atomic mass is 16.3. The lowest BCUT2D eigenvalue weighted by Gasteiger charge is -2.03. The predicted octanol–water partition coefficient (Wildman–Crippen LogP) is 3.11. The van der Waals surface area contributed by atoms with Crippen LogP contribution in [-0.2, 0) is 11.2 Å². The average molecular weight is 299 g/mol. The van der Waals surface area contributed by atoms with Crippen LogP contribution in [-0.4, -0.2) is 22.7 Å². The predicted molar refractivity (Wildman–Crippen MR) is 88.7 cm³/mol. The first kappa shape index (κ1) is 17.3. The van der Waals surface area contributed by atoms with Crippen LogP contribution >= 0.6 is 0 Å². The molecular weight excluding hydrogens is 278 g/mol. The number of phenols is 2. The number of rotatable bonds is 5.